The molecule has 0 amide bonds. The van der Waals surface area contributed by atoms with E-state index in [1.54, 1.807) is 25.3 Å². The molecule has 6 nitrogen and oxygen atoms in total. The van der Waals surface area contributed by atoms with Gasteiger partial charge in [-0.25, -0.2) is 8.42 Å². The van der Waals surface area contributed by atoms with E-state index in [4.69, 9.17) is 9.84 Å². The fourth-order valence-electron chi connectivity index (χ4n) is 1.80. The van der Waals surface area contributed by atoms with Gasteiger partial charge in [0.2, 0.25) is 0 Å². The Morgan fingerprint density at radius 1 is 1.33 bits per heavy atom. The largest absolute Gasteiger partial charge is 0.495 e. The highest BCUT2D eigenvalue weighted by atomic mass is 32.2. The summed E-state index contributed by atoms with van der Waals surface area (Å²) in [5.74, 6) is 0.209. The molecule has 0 aliphatic carbocycles. The molecule has 0 saturated heterocycles. The Hall–Kier alpha value is -2.12. The SMILES string of the molecule is COc1ccc(CO)cc1S(=O)(=O)Nc1cnccc1C. The number of ether oxygens (including phenoxy) is 1. The Balaban J connectivity index is 2.46. The lowest BCUT2D eigenvalue weighted by molar-refractivity contribution is 0.281. The van der Waals surface area contributed by atoms with Crippen molar-refractivity contribution in [1.82, 2.24) is 4.98 Å². The van der Waals surface area contributed by atoms with Crippen LogP contribution in [0.4, 0.5) is 5.69 Å². The summed E-state index contributed by atoms with van der Waals surface area (Å²) < 4.78 is 32.6. The van der Waals surface area contributed by atoms with Crippen LogP contribution in [0.15, 0.2) is 41.6 Å². The zero-order valence-electron chi connectivity index (χ0n) is 11.7. The van der Waals surface area contributed by atoms with E-state index in [0.717, 1.165) is 5.56 Å². The van der Waals surface area contributed by atoms with E-state index >= 15 is 0 Å². The minimum absolute atomic E-state index is 0.0280. The third-order valence-electron chi connectivity index (χ3n) is 2.98. The van der Waals surface area contributed by atoms with E-state index in [9.17, 15) is 8.42 Å². The van der Waals surface area contributed by atoms with E-state index in [-0.39, 0.29) is 17.3 Å². The number of nitrogens with zero attached hydrogens (tertiary/aromatic N) is 1. The number of aliphatic hydroxyl groups is 1. The molecule has 0 bridgehead atoms. The predicted molar refractivity (Wildman–Crippen MR) is 78.7 cm³/mol. The van der Waals surface area contributed by atoms with Crippen molar-refractivity contribution in [2.24, 2.45) is 0 Å². The number of aryl methyl sites for hydroxylation is 1. The summed E-state index contributed by atoms with van der Waals surface area (Å²) in [7, 11) is -2.45. The van der Waals surface area contributed by atoms with E-state index in [1.165, 1.54) is 25.4 Å². The molecule has 1 aromatic heterocycles. The maximum absolute atomic E-state index is 12.5. The molecule has 0 saturated carbocycles. The minimum Gasteiger partial charge on any atom is -0.495 e. The highest BCUT2D eigenvalue weighted by Gasteiger charge is 2.21. The van der Waals surface area contributed by atoms with E-state index in [0.29, 0.717) is 11.3 Å². The fourth-order valence-corrected chi connectivity index (χ4v) is 3.14. The van der Waals surface area contributed by atoms with Gasteiger partial charge in [0.05, 0.1) is 25.6 Å². The molecule has 0 aliphatic heterocycles. The molecule has 0 unspecified atom stereocenters. The lowest BCUT2D eigenvalue weighted by Crippen LogP contribution is -2.15. The molecule has 1 aromatic carbocycles. The summed E-state index contributed by atoms with van der Waals surface area (Å²) in [6.45, 7) is 1.53. The van der Waals surface area contributed by atoms with Crippen molar-refractivity contribution in [2.75, 3.05) is 11.8 Å². The summed E-state index contributed by atoms with van der Waals surface area (Å²) >= 11 is 0. The van der Waals surface area contributed by atoms with Gasteiger partial charge in [0, 0.05) is 6.20 Å². The molecule has 0 spiro atoms. The van der Waals surface area contributed by atoms with Crippen molar-refractivity contribution in [3.8, 4) is 5.75 Å². The second-order valence-electron chi connectivity index (χ2n) is 4.44. The topological polar surface area (TPSA) is 88.5 Å². The van der Waals surface area contributed by atoms with E-state index in [1.807, 2.05) is 0 Å². The molecule has 0 aliphatic rings. The van der Waals surface area contributed by atoms with Crippen molar-refractivity contribution in [2.45, 2.75) is 18.4 Å². The number of aromatic nitrogens is 1. The average molecular weight is 308 g/mol. The first-order chi connectivity index (χ1) is 9.97. The molecular weight excluding hydrogens is 292 g/mol. The minimum atomic E-state index is -3.84. The highest BCUT2D eigenvalue weighted by molar-refractivity contribution is 7.92. The van der Waals surface area contributed by atoms with Gasteiger partial charge in [-0.3, -0.25) is 9.71 Å². The normalized spacial score (nSPS) is 11.2. The summed E-state index contributed by atoms with van der Waals surface area (Å²) in [6, 6.07) is 6.20. The Kier molecular flexibility index (Phi) is 4.44. The monoisotopic (exact) mass is 308 g/mol. The lowest BCUT2D eigenvalue weighted by Gasteiger charge is -2.13. The molecule has 2 N–H and O–H groups in total. The fraction of sp³-hybridized carbons (Fsp3) is 0.214. The van der Waals surface area contributed by atoms with Gasteiger partial charge >= 0.3 is 0 Å². The maximum Gasteiger partial charge on any atom is 0.265 e. The van der Waals surface area contributed by atoms with Crippen molar-refractivity contribution < 1.29 is 18.3 Å². The number of hydrogen-bond donors (Lipinski definition) is 2. The lowest BCUT2D eigenvalue weighted by atomic mass is 10.2. The third-order valence-corrected chi connectivity index (χ3v) is 4.37. The zero-order valence-corrected chi connectivity index (χ0v) is 12.5. The van der Waals surface area contributed by atoms with Crippen LogP contribution in [0.25, 0.3) is 0 Å². The van der Waals surface area contributed by atoms with Crippen LogP contribution in [0, 0.1) is 6.92 Å². The number of nitrogens with one attached hydrogen (secondary N) is 1. The smallest absolute Gasteiger partial charge is 0.265 e. The summed E-state index contributed by atoms with van der Waals surface area (Å²) in [5, 5.41) is 9.16. The number of methoxy groups -OCH3 is 1. The van der Waals surface area contributed by atoms with Crippen LogP contribution in [0.5, 0.6) is 5.75 Å². The van der Waals surface area contributed by atoms with Crippen molar-refractivity contribution >= 4 is 15.7 Å². The molecule has 0 radical (unpaired) electrons. The van der Waals surface area contributed by atoms with Crippen LogP contribution in [-0.2, 0) is 16.6 Å². The molecule has 2 rings (SSSR count). The van der Waals surface area contributed by atoms with Gasteiger partial charge in [0.25, 0.3) is 10.0 Å². The van der Waals surface area contributed by atoms with Crippen LogP contribution in [0.3, 0.4) is 0 Å². The van der Waals surface area contributed by atoms with Crippen LogP contribution in [0.2, 0.25) is 0 Å². The summed E-state index contributed by atoms with van der Waals surface area (Å²) in [6.07, 6.45) is 3.02. The number of pyridine rings is 1. The molecular formula is C14H16N2O4S. The van der Waals surface area contributed by atoms with E-state index in [2.05, 4.69) is 9.71 Å². The average Bonchev–Trinajstić information content (AvgIpc) is 2.48. The maximum atomic E-state index is 12.5. The van der Waals surface area contributed by atoms with Gasteiger partial charge in [0.1, 0.15) is 10.6 Å². The van der Waals surface area contributed by atoms with Crippen LogP contribution < -0.4 is 9.46 Å². The molecule has 21 heavy (non-hydrogen) atoms. The molecule has 7 heteroatoms. The number of sulfonamides is 1. The Morgan fingerprint density at radius 3 is 2.71 bits per heavy atom. The predicted octanol–water partition coefficient (Wildman–Crippen LogP) is 1.69. The first-order valence-electron chi connectivity index (χ1n) is 6.19. The Labute approximate surface area is 123 Å². The van der Waals surface area contributed by atoms with Gasteiger partial charge < -0.3 is 9.84 Å². The summed E-state index contributed by atoms with van der Waals surface area (Å²) in [5.41, 5.74) is 1.64. The van der Waals surface area contributed by atoms with Crippen molar-refractivity contribution in [3.05, 3.63) is 47.8 Å². The first kappa shape index (κ1) is 15.3. The first-order valence-corrected chi connectivity index (χ1v) is 7.67. The van der Waals surface area contributed by atoms with Gasteiger partial charge in [-0.05, 0) is 36.2 Å². The van der Waals surface area contributed by atoms with Gasteiger partial charge in [-0.1, -0.05) is 6.07 Å². The zero-order chi connectivity index (χ0) is 15.5. The second kappa shape index (κ2) is 6.11. The second-order valence-corrected chi connectivity index (χ2v) is 6.09. The van der Waals surface area contributed by atoms with Crippen molar-refractivity contribution in [1.29, 1.82) is 0 Å². The van der Waals surface area contributed by atoms with E-state index < -0.39 is 10.0 Å². The Bertz CT molecular complexity index is 744. The van der Waals surface area contributed by atoms with Gasteiger partial charge in [0.15, 0.2) is 0 Å². The van der Waals surface area contributed by atoms with Crippen LogP contribution in [0.1, 0.15) is 11.1 Å². The molecule has 0 atom stereocenters. The third kappa shape index (κ3) is 3.32. The quantitative estimate of drug-likeness (QED) is 0.877. The molecule has 2 aromatic rings. The standard InChI is InChI=1S/C14H16N2O4S/c1-10-5-6-15-8-12(10)16-21(18,19)14-7-11(9-17)3-4-13(14)20-2/h3-8,16-17H,9H2,1-2H3. The number of rotatable bonds is 5. The molecule has 1 heterocycles. The number of aliphatic hydroxyl groups excluding tert-OH is 1. The number of benzene rings is 1. The Morgan fingerprint density at radius 2 is 2.10 bits per heavy atom. The highest BCUT2D eigenvalue weighted by Crippen LogP contribution is 2.27. The van der Waals surface area contributed by atoms with Gasteiger partial charge in [-0.2, -0.15) is 0 Å². The number of hydrogen-bond acceptors (Lipinski definition) is 5. The molecule has 112 valence electrons. The van der Waals surface area contributed by atoms with Crippen LogP contribution >= 0.6 is 0 Å². The molecule has 0 fully saturated rings. The number of anilines is 1. The summed E-state index contributed by atoms with van der Waals surface area (Å²) in [4.78, 5) is 3.87. The van der Waals surface area contributed by atoms with Crippen LogP contribution in [-0.4, -0.2) is 25.6 Å². The van der Waals surface area contributed by atoms with Crippen molar-refractivity contribution in [3.63, 3.8) is 0 Å². The van der Waals surface area contributed by atoms with Gasteiger partial charge in [-0.15, -0.1) is 0 Å².